The molecule has 1 aliphatic rings. The Balaban J connectivity index is 1.49. The zero-order chi connectivity index (χ0) is 18.1. The summed E-state index contributed by atoms with van der Waals surface area (Å²) in [5, 5.41) is 10.9. The minimum absolute atomic E-state index is 0.00403. The maximum absolute atomic E-state index is 11.3. The number of hydrogen-bond donors (Lipinski definition) is 3. The molecule has 0 saturated heterocycles. The molecule has 0 aromatic carbocycles. The predicted octanol–water partition coefficient (Wildman–Crippen LogP) is 1.65. The van der Waals surface area contributed by atoms with Crippen LogP contribution in [0.2, 0.25) is 0 Å². The maximum atomic E-state index is 11.3. The molecule has 134 valence electrons. The van der Waals surface area contributed by atoms with Crippen LogP contribution in [0.3, 0.4) is 0 Å². The van der Waals surface area contributed by atoms with Crippen molar-refractivity contribution in [2.45, 2.75) is 25.0 Å². The number of rotatable bonds is 6. The van der Waals surface area contributed by atoms with E-state index in [0.717, 1.165) is 23.9 Å². The standard InChI is InChI=1S/C17H19N7O2/c1-3-14(25)20-10-6-12(7-10)26-16-13-4-5-18-15(13)22-17(23-16)21-11-8-19-24(2)9-11/h3-5,8-10,12H,1,6-7H2,2H3,(H,20,25)(H2,18,21,22,23)/t10-,12-. The Hall–Kier alpha value is -3.36. The van der Waals surface area contributed by atoms with Gasteiger partial charge in [0.2, 0.25) is 17.7 Å². The predicted molar refractivity (Wildman–Crippen MR) is 96.2 cm³/mol. The van der Waals surface area contributed by atoms with Gasteiger partial charge in [-0.05, 0) is 12.1 Å². The first kappa shape index (κ1) is 16.1. The van der Waals surface area contributed by atoms with Crippen LogP contribution in [-0.4, -0.2) is 42.8 Å². The molecule has 9 heteroatoms. The van der Waals surface area contributed by atoms with E-state index in [1.54, 1.807) is 17.1 Å². The summed E-state index contributed by atoms with van der Waals surface area (Å²) in [6, 6.07) is 2.00. The van der Waals surface area contributed by atoms with Gasteiger partial charge >= 0.3 is 0 Å². The van der Waals surface area contributed by atoms with Crippen molar-refractivity contribution in [2.75, 3.05) is 5.32 Å². The molecule has 3 aromatic rings. The van der Waals surface area contributed by atoms with Gasteiger partial charge in [0.25, 0.3) is 0 Å². The van der Waals surface area contributed by atoms with Gasteiger partial charge in [-0.15, -0.1) is 0 Å². The number of anilines is 2. The fourth-order valence-corrected chi connectivity index (χ4v) is 2.87. The summed E-state index contributed by atoms with van der Waals surface area (Å²) in [5.41, 5.74) is 1.48. The van der Waals surface area contributed by atoms with Crippen molar-refractivity contribution >= 4 is 28.6 Å². The van der Waals surface area contributed by atoms with E-state index in [1.807, 2.05) is 19.3 Å². The highest BCUT2D eigenvalue weighted by atomic mass is 16.5. The van der Waals surface area contributed by atoms with Crippen molar-refractivity contribution < 1.29 is 9.53 Å². The molecule has 0 atom stereocenters. The lowest BCUT2D eigenvalue weighted by atomic mass is 9.89. The van der Waals surface area contributed by atoms with Gasteiger partial charge in [-0.2, -0.15) is 15.1 Å². The summed E-state index contributed by atoms with van der Waals surface area (Å²) in [7, 11) is 1.84. The van der Waals surface area contributed by atoms with Gasteiger partial charge in [-0.1, -0.05) is 6.58 Å². The van der Waals surface area contributed by atoms with Crippen LogP contribution in [0.4, 0.5) is 11.6 Å². The normalized spacial score (nSPS) is 19.0. The summed E-state index contributed by atoms with van der Waals surface area (Å²) in [6.45, 7) is 3.46. The fourth-order valence-electron chi connectivity index (χ4n) is 2.87. The highest BCUT2D eigenvalue weighted by Gasteiger charge is 2.32. The third kappa shape index (κ3) is 3.23. The molecule has 0 spiro atoms. The molecule has 26 heavy (non-hydrogen) atoms. The van der Waals surface area contributed by atoms with Crippen LogP contribution < -0.4 is 15.4 Å². The smallest absolute Gasteiger partial charge is 0.243 e. The topological polar surface area (TPSA) is 110 Å². The van der Waals surface area contributed by atoms with Crippen LogP contribution in [0, 0.1) is 0 Å². The number of carbonyl (C=O) groups is 1. The number of fused-ring (bicyclic) bond motifs is 1. The van der Waals surface area contributed by atoms with Gasteiger partial charge in [-0.25, -0.2) is 0 Å². The third-order valence-electron chi connectivity index (χ3n) is 4.25. The minimum atomic E-state index is -0.161. The highest BCUT2D eigenvalue weighted by Crippen LogP contribution is 2.30. The summed E-state index contributed by atoms with van der Waals surface area (Å²) < 4.78 is 7.74. The van der Waals surface area contributed by atoms with Crippen LogP contribution in [0.1, 0.15) is 12.8 Å². The molecule has 1 saturated carbocycles. The molecular weight excluding hydrogens is 334 g/mol. The van der Waals surface area contributed by atoms with Gasteiger partial charge in [-0.3, -0.25) is 9.48 Å². The molecule has 0 aliphatic heterocycles. The van der Waals surface area contributed by atoms with Crippen molar-refractivity contribution in [1.82, 2.24) is 30.0 Å². The van der Waals surface area contributed by atoms with Crippen molar-refractivity contribution in [3.63, 3.8) is 0 Å². The zero-order valence-electron chi connectivity index (χ0n) is 14.3. The summed E-state index contributed by atoms with van der Waals surface area (Å²) in [6.07, 6.45) is 8.08. The SMILES string of the molecule is C=CC(=O)N[C@H]1C[C@H](Oc2nc(Nc3cnn(C)c3)nc3[nH]ccc23)C1. The van der Waals surface area contributed by atoms with Crippen molar-refractivity contribution in [3.05, 3.63) is 37.3 Å². The van der Waals surface area contributed by atoms with Gasteiger partial charge < -0.3 is 20.4 Å². The van der Waals surface area contributed by atoms with E-state index in [1.165, 1.54) is 6.08 Å². The molecule has 1 fully saturated rings. The molecule has 1 aliphatic carbocycles. The number of aryl methyl sites for hydroxylation is 1. The van der Waals surface area contributed by atoms with Crippen LogP contribution in [0.25, 0.3) is 11.0 Å². The van der Waals surface area contributed by atoms with Crippen molar-refractivity contribution in [3.8, 4) is 5.88 Å². The van der Waals surface area contributed by atoms with E-state index >= 15 is 0 Å². The van der Waals surface area contributed by atoms with Crippen LogP contribution >= 0.6 is 0 Å². The molecular formula is C17H19N7O2. The number of hydrogen-bond acceptors (Lipinski definition) is 6. The third-order valence-corrected chi connectivity index (χ3v) is 4.25. The van der Waals surface area contributed by atoms with E-state index in [0.29, 0.717) is 17.5 Å². The molecule has 1 amide bonds. The highest BCUT2D eigenvalue weighted by molar-refractivity contribution is 5.87. The largest absolute Gasteiger partial charge is 0.474 e. The second-order valence-electron chi connectivity index (χ2n) is 6.24. The molecule has 3 heterocycles. The van der Waals surface area contributed by atoms with Crippen molar-refractivity contribution in [1.29, 1.82) is 0 Å². The monoisotopic (exact) mass is 353 g/mol. The Morgan fingerprint density at radius 2 is 2.31 bits per heavy atom. The van der Waals surface area contributed by atoms with Crippen LogP contribution in [0.5, 0.6) is 5.88 Å². The number of nitrogens with one attached hydrogen (secondary N) is 3. The van der Waals surface area contributed by atoms with E-state index < -0.39 is 0 Å². The second kappa shape index (κ2) is 6.51. The van der Waals surface area contributed by atoms with Crippen LogP contribution in [0.15, 0.2) is 37.3 Å². The van der Waals surface area contributed by atoms with E-state index in [-0.39, 0.29) is 18.1 Å². The quantitative estimate of drug-likeness (QED) is 0.581. The Kier molecular flexibility index (Phi) is 4.04. The summed E-state index contributed by atoms with van der Waals surface area (Å²) in [5.74, 6) is 0.784. The molecule has 9 nitrogen and oxygen atoms in total. The summed E-state index contributed by atoms with van der Waals surface area (Å²) >= 11 is 0. The number of carbonyl (C=O) groups excluding carboxylic acids is 1. The van der Waals surface area contributed by atoms with E-state index in [4.69, 9.17) is 4.74 Å². The molecule has 3 N–H and O–H groups in total. The fraction of sp³-hybridized carbons (Fsp3) is 0.294. The van der Waals surface area contributed by atoms with Gasteiger partial charge in [0.1, 0.15) is 11.8 Å². The van der Waals surface area contributed by atoms with Crippen LogP contribution in [-0.2, 0) is 11.8 Å². The lowest BCUT2D eigenvalue weighted by Gasteiger charge is -2.35. The first-order valence-corrected chi connectivity index (χ1v) is 8.31. The second-order valence-corrected chi connectivity index (χ2v) is 6.24. The first-order valence-electron chi connectivity index (χ1n) is 8.31. The average molecular weight is 353 g/mol. The number of aromatic nitrogens is 5. The van der Waals surface area contributed by atoms with Gasteiger partial charge in [0.15, 0.2) is 0 Å². The molecule has 0 unspecified atom stereocenters. The maximum Gasteiger partial charge on any atom is 0.243 e. The number of aromatic amines is 1. The van der Waals surface area contributed by atoms with E-state index in [2.05, 4.69) is 37.3 Å². The Labute approximate surface area is 149 Å². The summed E-state index contributed by atoms with van der Waals surface area (Å²) in [4.78, 5) is 23.4. The molecule has 0 bridgehead atoms. The van der Waals surface area contributed by atoms with Gasteiger partial charge in [0.05, 0.1) is 17.3 Å². The molecule has 3 aromatic heterocycles. The minimum Gasteiger partial charge on any atom is -0.474 e. The first-order chi connectivity index (χ1) is 12.6. The number of ether oxygens (including phenoxy) is 1. The molecule has 4 rings (SSSR count). The number of amides is 1. The number of nitrogens with zero attached hydrogens (tertiary/aromatic N) is 4. The Morgan fingerprint density at radius 3 is 3.04 bits per heavy atom. The van der Waals surface area contributed by atoms with E-state index in [9.17, 15) is 4.79 Å². The average Bonchev–Trinajstić information content (AvgIpc) is 3.21. The lowest BCUT2D eigenvalue weighted by Crippen LogP contribution is -2.48. The Morgan fingerprint density at radius 1 is 1.46 bits per heavy atom. The zero-order valence-corrected chi connectivity index (χ0v) is 14.3. The van der Waals surface area contributed by atoms with Gasteiger partial charge in [0, 0.05) is 38.3 Å². The molecule has 0 radical (unpaired) electrons. The van der Waals surface area contributed by atoms with Crippen molar-refractivity contribution in [2.24, 2.45) is 7.05 Å². The lowest BCUT2D eigenvalue weighted by molar-refractivity contribution is -0.118. The number of H-pyrrole nitrogens is 1. The Bertz CT molecular complexity index is 955.